The van der Waals surface area contributed by atoms with Crippen LogP contribution in [0.3, 0.4) is 0 Å². The highest BCUT2D eigenvalue weighted by atomic mass is 31.0. The van der Waals surface area contributed by atoms with Crippen molar-refractivity contribution in [3.8, 4) is 0 Å². The van der Waals surface area contributed by atoms with Gasteiger partial charge in [0.1, 0.15) is 0 Å². The summed E-state index contributed by atoms with van der Waals surface area (Å²) in [5.74, 6) is 0.884. The van der Waals surface area contributed by atoms with Crippen molar-refractivity contribution in [3.05, 3.63) is 0 Å². The van der Waals surface area contributed by atoms with Crippen LogP contribution >= 0.6 is 9.24 Å². The van der Waals surface area contributed by atoms with E-state index in [0.717, 1.165) is 11.6 Å². The van der Waals surface area contributed by atoms with Crippen molar-refractivity contribution in [2.24, 2.45) is 5.92 Å². The molecular weight excluding hydrogens is 151 g/mol. The van der Waals surface area contributed by atoms with Crippen molar-refractivity contribution >= 4 is 9.24 Å². The van der Waals surface area contributed by atoms with E-state index in [0.29, 0.717) is 0 Å². The minimum atomic E-state index is 0.847. The normalized spacial score (nSPS) is 14.7. The molecule has 3 atom stereocenters. The van der Waals surface area contributed by atoms with Gasteiger partial charge in [-0.25, -0.2) is 0 Å². The van der Waals surface area contributed by atoms with E-state index < -0.39 is 0 Å². The molecule has 70 valence electrons. The average molecular weight is 176 g/mol. The molecule has 0 aromatic rings. The Hall–Kier alpha value is 0.430. The molecule has 0 amide bonds. The van der Waals surface area contributed by atoms with E-state index in [4.69, 9.17) is 0 Å². The molecule has 0 aliphatic rings. The van der Waals surface area contributed by atoms with Crippen molar-refractivity contribution in [1.29, 1.82) is 0 Å². The molecule has 0 aromatic heterocycles. The highest BCUT2D eigenvalue weighted by Crippen LogP contribution is 2.20. The predicted octanol–water partition coefficient (Wildman–Crippen LogP) is 4.10. The zero-order valence-corrected chi connectivity index (χ0v) is 10.0. The van der Waals surface area contributed by atoms with Gasteiger partial charge in [-0.2, -0.15) is 0 Å². The van der Waals surface area contributed by atoms with Gasteiger partial charge in [0.05, 0.1) is 0 Å². The highest BCUT2D eigenvalue weighted by molar-refractivity contribution is 7.17. The summed E-state index contributed by atoms with van der Waals surface area (Å²) >= 11 is 0. The molecule has 0 radical (unpaired) electrons. The maximum atomic E-state index is 2.94. The van der Waals surface area contributed by atoms with E-state index in [1.165, 1.54) is 19.3 Å². The lowest BCUT2D eigenvalue weighted by Crippen LogP contribution is -2.08. The van der Waals surface area contributed by atoms with Gasteiger partial charge in [-0.15, -0.1) is 9.24 Å². The summed E-state index contributed by atoms with van der Waals surface area (Å²) < 4.78 is 0. The first-order valence-corrected chi connectivity index (χ1v) is 5.64. The minimum absolute atomic E-state index is 0.847. The van der Waals surface area contributed by atoms with E-state index in [2.05, 4.69) is 30.0 Å². The second-order valence-corrected chi connectivity index (χ2v) is 3.69. The lowest BCUT2D eigenvalue weighted by atomic mass is 10.0. The van der Waals surface area contributed by atoms with Crippen molar-refractivity contribution in [3.63, 3.8) is 0 Å². The summed E-state index contributed by atoms with van der Waals surface area (Å²) in [5, 5.41) is 0. The maximum Gasteiger partial charge on any atom is -0.0239 e. The van der Waals surface area contributed by atoms with Crippen LogP contribution < -0.4 is 0 Å². The fourth-order valence-electron chi connectivity index (χ4n) is 0.921. The first kappa shape index (κ1) is 14.0. The predicted molar refractivity (Wildman–Crippen MR) is 59.2 cm³/mol. The Labute approximate surface area is 75.4 Å². The van der Waals surface area contributed by atoms with E-state index >= 15 is 0 Å². The zero-order chi connectivity index (χ0) is 9.28. The van der Waals surface area contributed by atoms with E-state index in [1.807, 2.05) is 13.8 Å². The smallest absolute Gasteiger partial charge is 0.0239 e. The van der Waals surface area contributed by atoms with Crippen molar-refractivity contribution in [1.82, 2.24) is 0 Å². The summed E-state index contributed by atoms with van der Waals surface area (Å²) in [5.41, 5.74) is 0.847. The van der Waals surface area contributed by atoms with Crippen molar-refractivity contribution in [2.45, 2.75) is 59.5 Å². The van der Waals surface area contributed by atoms with Gasteiger partial charge in [0.2, 0.25) is 0 Å². The Bertz CT molecular complexity index is 61.9. The van der Waals surface area contributed by atoms with Gasteiger partial charge >= 0.3 is 0 Å². The monoisotopic (exact) mass is 176 g/mol. The summed E-state index contributed by atoms with van der Waals surface area (Å²) in [6.07, 6.45) is 3.99. The van der Waals surface area contributed by atoms with Gasteiger partial charge < -0.3 is 0 Å². The van der Waals surface area contributed by atoms with E-state index in [-0.39, 0.29) is 0 Å². The number of hydrogen-bond donors (Lipinski definition) is 0. The summed E-state index contributed by atoms with van der Waals surface area (Å²) in [6.45, 7) is 10.8. The first-order chi connectivity index (χ1) is 5.22. The second kappa shape index (κ2) is 10.4. The van der Waals surface area contributed by atoms with E-state index in [9.17, 15) is 0 Å². The third kappa shape index (κ3) is 8.34. The van der Waals surface area contributed by atoms with Gasteiger partial charge in [-0.05, 0) is 18.0 Å². The summed E-state index contributed by atoms with van der Waals surface area (Å²) in [7, 11) is 2.94. The third-order valence-electron chi connectivity index (χ3n) is 2.00. The maximum absolute atomic E-state index is 2.94. The number of rotatable bonds is 4. The van der Waals surface area contributed by atoms with Gasteiger partial charge in [0.25, 0.3) is 0 Å². The van der Waals surface area contributed by atoms with Crippen LogP contribution in [0.2, 0.25) is 0 Å². The van der Waals surface area contributed by atoms with Crippen LogP contribution in [0.5, 0.6) is 0 Å². The molecule has 0 nitrogen and oxygen atoms in total. The van der Waals surface area contributed by atoms with Crippen molar-refractivity contribution < 1.29 is 0 Å². The van der Waals surface area contributed by atoms with Gasteiger partial charge in [-0.1, -0.05) is 47.5 Å². The lowest BCUT2D eigenvalue weighted by Gasteiger charge is -2.16. The molecule has 0 rings (SSSR count). The zero-order valence-electron chi connectivity index (χ0n) is 8.85. The van der Waals surface area contributed by atoms with Gasteiger partial charge in [0.15, 0.2) is 0 Å². The van der Waals surface area contributed by atoms with Gasteiger partial charge in [0, 0.05) is 0 Å². The van der Waals surface area contributed by atoms with Crippen LogP contribution in [0.1, 0.15) is 53.9 Å². The van der Waals surface area contributed by atoms with E-state index in [1.54, 1.807) is 0 Å². The molecule has 0 saturated heterocycles. The summed E-state index contributed by atoms with van der Waals surface area (Å²) in [6, 6.07) is 0. The molecule has 3 unspecified atom stereocenters. The topological polar surface area (TPSA) is 0 Å². The molecule has 0 aliphatic heterocycles. The van der Waals surface area contributed by atoms with Gasteiger partial charge in [-0.3, -0.25) is 0 Å². The molecule has 0 heterocycles. The Morgan fingerprint density at radius 3 is 1.91 bits per heavy atom. The lowest BCUT2D eigenvalue weighted by molar-refractivity contribution is 0.506. The standard InChI is InChI=1S/C8H19P.C2H6/c1-4-6-8(9)7(3)5-2;1-2/h7-8H,4-6,9H2,1-3H3;1-2H3. The van der Waals surface area contributed by atoms with Crippen LogP contribution in [0.15, 0.2) is 0 Å². The average Bonchev–Trinajstić information content (AvgIpc) is 2.07. The van der Waals surface area contributed by atoms with Crippen molar-refractivity contribution in [2.75, 3.05) is 0 Å². The Morgan fingerprint density at radius 1 is 1.18 bits per heavy atom. The second-order valence-electron chi connectivity index (χ2n) is 2.84. The molecule has 0 fully saturated rings. The molecule has 1 heteroatoms. The quantitative estimate of drug-likeness (QED) is 0.566. The minimum Gasteiger partial charge on any atom is -0.134 e. The largest absolute Gasteiger partial charge is 0.134 e. The molecule has 0 saturated carbocycles. The number of hydrogen-bond acceptors (Lipinski definition) is 0. The fourth-order valence-corrected chi connectivity index (χ4v) is 1.53. The van der Waals surface area contributed by atoms with Crippen LogP contribution in [0.4, 0.5) is 0 Å². The SMILES string of the molecule is CC.CCCC(P)C(C)CC. The third-order valence-corrected chi connectivity index (χ3v) is 2.99. The summed E-state index contributed by atoms with van der Waals surface area (Å²) in [4.78, 5) is 0. The Balaban J connectivity index is 0. The van der Waals surface area contributed by atoms with Crippen LogP contribution in [-0.2, 0) is 0 Å². The molecule has 0 spiro atoms. The molecule has 11 heavy (non-hydrogen) atoms. The Kier molecular flexibility index (Phi) is 13.3. The molecule has 0 aliphatic carbocycles. The molecule has 0 N–H and O–H groups in total. The highest BCUT2D eigenvalue weighted by Gasteiger charge is 2.07. The van der Waals surface area contributed by atoms with Crippen LogP contribution in [0.25, 0.3) is 0 Å². The van der Waals surface area contributed by atoms with Crippen LogP contribution in [-0.4, -0.2) is 5.66 Å². The molecular formula is C10H25P. The molecule has 0 aromatic carbocycles. The first-order valence-electron chi connectivity index (χ1n) is 4.97. The fraction of sp³-hybridized carbons (Fsp3) is 1.00. The van der Waals surface area contributed by atoms with Crippen LogP contribution in [0, 0.1) is 5.92 Å². The Morgan fingerprint density at radius 2 is 1.64 bits per heavy atom. The molecule has 0 bridgehead atoms.